The van der Waals surface area contributed by atoms with Crippen molar-refractivity contribution in [2.45, 2.75) is 130 Å². The summed E-state index contributed by atoms with van der Waals surface area (Å²) in [5.41, 5.74) is 4.43. The van der Waals surface area contributed by atoms with E-state index in [0.29, 0.717) is 22.5 Å². The van der Waals surface area contributed by atoms with Crippen LogP contribution in [-0.4, -0.2) is 23.9 Å². The summed E-state index contributed by atoms with van der Waals surface area (Å²) in [6.07, 6.45) is 25.0. The first-order chi connectivity index (χ1) is 30.8. The molecule has 4 aliphatic carbocycles. The molecule has 0 amide bonds. The molecular formula is C56H64O8. The molecule has 2 aliphatic heterocycles. The molecule has 0 aromatic heterocycles. The van der Waals surface area contributed by atoms with Crippen LogP contribution >= 0.6 is 0 Å². The maximum Gasteiger partial charge on any atom is 0.346 e. The first-order valence-corrected chi connectivity index (χ1v) is 24.0. The lowest BCUT2D eigenvalue weighted by Gasteiger charge is -2.62. The summed E-state index contributed by atoms with van der Waals surface area (Å²) in [5.74, 6) is 3.61. The van der Waals surface area contributed by atoms with E-state index in [-0.39, 0.29) is 40.9 Å². The van der Waals surface area contributed by atoms with Gasteiger partial charge in [0.05, 0.1) is 22.3 Å². The highest BCUT2D eigenvalue weighted by molar-refractivity contribution is 6.15. The Morgan fingerprint density at radius 1 is 0.734 bits per heavy atom. The first kappa shape index (κ1) is 44.0. The third kappa shape index (κ3) is 8.19. The zero-order valence-electron chi connectivity index (χ0n) is 38.1. The van der Waals surface area contributed by atoms with E-state index in [0.717, 1.165) is 65.7 Å². The van der Waals surface area contributed by atoms with Crippen molar-refractivity contribution in [1.82, 2.24) is 0 Å². The van der Waals surface area contributed by atoms with Gasteiger partial charge in [0.15, 0.2) is 0 Å². The minimum atomic E-state index is -0.630. The van der Waals surface area contributed by atoms with E-state index in [1.54, 1.807) is 42.5 Å². The van der Waals surface area contributed by atoms with Crippen LogP contribution in [0.15, 0.2) is 97.3 Å². The predicted octanol–water partition coefficient (Wildman–Crippen LogP) is 12.8. The number of unbranched alkanes of at least 4 members (excludes halogenated alkanes) is 1. The van der Waals surface area contributed by atoms with E-state index in [2.05, 4.69) is 58.6 Å². The van der Waals surface area contributed by atoms with Gasteiger partial charge in [0.25, 0.3) is 0 Å². The number of ether oxygens (including phenoxy) is 4. The Labute approximate surface area is 378 Å². The van der Waals surface area contributed by atoms with Gasteiger partial charge in [-0.05, 0) is 176 Å². The smallest absolute Gasteiger partial charge is 0.346 e. The van der Waals surface area contributed by atoms with Crippen LogP contribution in [0.2, 0.25) is 0 Å². The molecule has 8 nitrogen and oxygen atoms in total. The highest BCUT2D eigenvalue weighted by Crippen LogP contribution is 2.69. The number of benzene rings is 3. The van der Waals surface area contributed by atoms with Crippen LogP contribution in [0.1, 0.15) is 169 Å². The molecular weight excluding hydrogens is 801 g/mol. The monoisotopic (exact) mass is 864 g/mol. The minimum absolute atomic E-state index is 0.210. The third-order valence-electron chi connectivity index (χ3n) is 17.1. The quantitative estimate of drug-likeness (QED) is 0.0489. The number of carbonyl (C=O) groups is 4. The molecule has 3 aromatic rings. The van der Waals surface area contributed by atoms with E-state index < -0.39 is 23.9 Å². The highest BCUT2D eigenvalue weighted by Gasteiger charge is 2.61. The number of hydrogen-bond acceptors (Lipinski definition) is 8. The molecule has 0 N–H and O–H groups in total. The maximum absolute atomic E-state index is 12.3. The van der Waals surface area contributed by atoms with Crippen molar-refractivity contribution in [3.8, 4) is 5.75 Å². The summed E-state index contributed by atoms with van der Waals surface area (Å²) in [7, 11) is 0. The molecule has 0 bridgehead atoms. The van der Waals surface area contributed by atoms with Gasteiger partial charge in [-0.15, -0.1) is 0 Å². The fourth-order valence-electron chi connectivity index (χ4n) is 13.5. The molecule has 9 rings (SSSR count). The summed E-state index contributed by atoms with van der Waals surface area (Å²) >= 11 is 0. The Bertz CT molecular complexity index is 2390. The van der Waals surface area contributed by atoms with Gasteiger partial charge in [-0.2, -0.15) is 0 Å². The average Bonchev–Trinajstić information content (AvgIpc) is 3.89. The zero-order chi connectivity index (χ0) is 44.8. The van der Waals surface area contributed by atoms with Crippen LogP contribution in [0.25, 0.3) is 0 Å². The molecule has 0 radical (unpaired) electrons. The van der Waals surface area contributed by atoms with Crippen molar-refractivity contribution in [3.05, 3.63) is 136 Å². The fraction of sp³-hybridized carbons (Fsp3) is 0.500. The number of carbonyl (C=O) groups excluding carboxylic acids is 4. The Morgan fingerprint density at radius 2 is 1.39 bits per heavy atom. The summed E-state index contributed by atoms with van der Waals surface area (Å²) < 4.78 is 22.2. The second-order valence-corrected chi connectivity index (χ2v) is 20.9. The number of cyclic esters (lactones) is 4. The molecule has 0 spiro atoms. The summed E-state index contributed by atoms with van der Waals surface area (Å²) in [5, 5.41) is 0. The van der Waals surface area contributed by atoms with Crippen LogP contribution in [0.4, 0.5) is 0 Å². The molecule has 8 atom stereocenters. The van der Waals surface area contributed by atoms with E-state index >= 15 is 0 Å². The largest absolute Gasteiger partial charge is 0.489 e. The van der Waals surface area contributed by atoms with Crippen molar-refractivity contribution in [2.75, 3.05) is 0 Å². The Hall–Kier alpha value is -5.24. The minimum Gasteiger partial charge on any atom is -0.489 e. The van der Waals surface area contributed by atoms with Crippen LogP contribution < -0.4 is 4.74 Å². The van der Waals surface area contributed by atoms with Gasteiger partial charge >= 0.3 is 23.9 Å². The molecule has 4 saturated carbocycles. The Balaban J connectivity index is 0.944. The molecule has 4 fully saturated rings. The van der Waals surface area contributed by atoms with Crippen molar-refractivity contribution in [2.24, 2.45) is 46.3 Å². The molecule has 336 valence electrons. The molecule has 3 aromatic carbocycles. The summed E-state index contributed by atoms with van der Waals surface area (Å²) in [6.45, 7) is 14.5. The second kappa shape index (κ2) is 17.6. The van der Waals surface area contributed by atoms with E-state index in [4.69, 9.17) is 18.9 Å². The highest BCUT2D eigenvalue weighted by atomic mass is 16.6. The number of esters is 4. The zero-order valence-corrected chi connectivity index (χ0v) is 38.1. The second-order valence-electron chi connectivity index (χ2n) is 20.9. The van der Waals surface area contributed by atoms with Gasteiger partial charge in [0, 0.05) is 5.41 Å². The van der Waals surface area contributed by atoms with Crippen molar-refractivity contribution >= 4 is 23.9 Å². The number of fused-ring (bicyclic) bond motifs is 7. The van der Waals surface area contributed by atoms with Crippen LogP contribution in [0, 0.1) is 46.3 Å². The molecule has 8 unspecified atom stereocenters. The lowest BCUT2D eigenvalue weighted by atomic mass is 9.42. The molecule has 0 saturated heterocycles. The van der Waals surface area contributed by atoms with Crippen molar-refractivity contribution in [1.29, 1.82) is 0 Å². The van der Waals surface area contributed by atoms with E-state index in [9.17, 15) is 19.2 Å². The number of allylic oxidation sites excluding steroid dienone is 4. The average molecular weight is 865 g/mol. The van der Waals surface area contributed by atoms with Crippen molar-refractivity contribution in [3.63, 3.8) is 0 Å². The Morgan fingerprint density at radius 3 is 2.06 bits per heavy atom. The fourth-order valence-corrected chi connectivity index (χ4v) is 13.5. The lowest BCUT2D eigenvalue weighted by Crippen LogP contribution is -2.55. The van der Waals surface area contributed by atoms with Crippen LogP contribution in [0.3, 0.4) is 0 Å². The van der Waals surface area contributed by atoms with Gasteiger partial charge < -0.3 is 18.9 Å². The van der Waals surface area contributed by atoms with E-state index in [1.165, 1.54) is 69.8 Å². The topological polar surface area (TPSA) is 105 Å². The van der Waals surface area contributed by atoms with Gasteiger partial charge in [0.2, 0.25) is 0 Å². The number of rotatable bonds is 15. The van der Waals surface area contributed by atoms with Gasteiger partial charge in [0.1, 0.15) is 24.7 Å². The van der Waals surface area contributed by atoms with Crippen molar-refractivity contribution < 1.29 is 38.1 Å². The van der Waals surface area contributed by atoms with Crippen LogP contribution in [0.5, 0.6) is 5.75 Å². The van der Waals surface area contributed by atoms with Gasteiger partial charge in [-0.3, -0.25) is 0 Å². The normalized spacial score (nSPS) is 30.6. The number of hydrogen-bond donors (Lipinski definition) is 0. The molecule has 64 heavy (non-hydrogen) atoms. The molecule has 2 heterocycles. The standard InChI is InChI=1S/C56H64O8/c1-6-9-41(61-33-36-12-20-43-46(30-36)52(59)63-50(43)57)24-27-56(39-14-18-42(19-15-39)62-34-37-13-21-44-47(31-37)53(60)64-51(44)58)29-28-55(5)40(32-56)16-22-45-48-23-17-38(11-8-7-10-35(2)3)54(48,4)26-25-49(45)55/h6,9,12-15,18-21,24,27,30-31,35,38,40,45,48-49H,1,7-8,10-11,16-17,22-23,25-26,28-29,32-34H2,2-5H3/b27-24-,41-9+. The van der Waals surface area contributed by atoms with Crippen LogP contribution in [-0.2, 0) is 32.8 Å². The first-order valence-electron chi connectivity index (χ1n) is 24.0. The molecule has 8 heteroatoms. The molecule has 6 aliphatic rings. The Kier molecular flexibility index (Phi) is 12.1. The van der Waals surface area contributed by atoms with Gasteiger partial charge in [-0.25, -0.2) is 19.2 Å². The summed E-state index contributed by atoms with van der Waals surface area (Å²) in [4.78, 5) is 48.5. The summed E-state index contributed by atoms with van der Waals surface area (Å²) in [6, 6.07) is 18.7. The maximum atomic E-state index is 12.3. The van der Waals surface area contributed by atoms with E-state index in [1.807, 2.05) is 18.2 Å². The SMILES string of the molecule is C=C/C=C(\C=C/C1(c2ccc(OCc3ccc4c(c3)C(=O)OC4=O)cc2)CCC2(C)C(CCC3C4CCC(CCCCC(C)C)C4(C)CCC32)C1)OCc1ccc2c(c1)C(=O)OC2=O. The lowest BCUT2D eigenvalue weighted by molar-refractivity contribution is -0.118. The van der Waals surface area contributed by atoms with Gasteiger partial charge in [-0.1, -0.05) is 90.0 Å². The predicted molar refractivity (Wildman–Crippen MR) is 246 cm³/mol. The third-order valence-corrected chi connectivity index (χ3v) is 17.1.